The van der Waals surface area contributed by atoms with Gasteiger partial charge in [0.25, 0.3) is 11.5 Å². The van der Waals surface area contributed by atoms with Crippen molar-refractivity contribution in [2.45, 2.75) is 12.5 Å². The number of para-hydroxylation sites is 1. The second-order valence-electron chi connectivity index (χ2n) is 6.12. The van der Waals surface area contributed by atoms with Crippen molar-refractivity contribution in [3.63, 3.8) is 0 Å². The van der Waals surface area contributed by atoms with E-state index in [1.165, 1.54) is 10.7 Å². The summed E-state index contributed by atoms with van der Waals surface area (Å²) < 4.78 is 7.19. The molecule has 3 aromatic rings. The van der Waals surface area contributed by atoms with Crippen LogP contribution >= 0.6 is 11.8 Å². The van der Waals surface area contributed by atoms with Gasteiger partial charge in [-0.15, -0.1) is 0 Å². The van der Waals surface area contributed by atoms with Gasteiger partial charge in [0.1, 0.15) is 11.9 Å². The molecule has 0 aliphatic carbocycles. The van der Waals surface area contributed by atoms with E-state index in [-0.39, 0.29) is 17.6 Å². The molecule has 2 aromatic heterocycles. The van der Waals surface area contributed by atoms with Gasteiger partial charge in [0.05, 0.1) is 5.69 Å². The number of hydrogen-bond acceptors (Lipinski definition) is 5. The average Bonchev–Trinajstić information content (AvgIpc) is 3.32. The Bertz CT molecular complexity index is 993. The van der Waals surface area contributed by atoms with Crippen molar-refractivity contribution in [3.05, 3.63) is 70.6 Å². The van der Waals surface area contributed by atoms with Gasteiger partial charge in [0, 0.05) is 29.6 Å². The molecule has 7 nitrogen and oxygen atoms in total. The quantitative estimate of drug-likeness (QED) is 0.708. The molecule has 1 aliphatic rings. The summed E-state index contributed by atoms with van der Waals surface area (Å²) in [6.45, 7) is 0. The molecule has 4 rings (SSSR count). The van der Waals surface area contributed by atoms with Crippen molar-refractivity contribution in [1.82, 2.24) is 14.8 Å². The van der Waals surface area contributed by atoms with E-state index in [9.17, 15) is 9.59 Å². The number of nitrogens with zero attached hydrogens (tertiary/aromatic N) is 2. The summed E-state index contributed by atoms with van der Waals surface area (Å²) in [5.41, 5.74) is 0.852. The first kappa shape index (κ1) is 17.4. The predicted octanol–water partition coefficient (Wildman–Crippen LogP) is 2.70. The minimum atomic E-state index is -0.343. The lowest BCUT2D eigenvalue weighted by Gasteiger charge is -2.12. The standard InChI is InChI=1S/C19H18N4O3S/c24-18-11-16(22-23(18)14-4-2-1-3-5-14)21-19(25)13-6-8-20-17(10-13)26-15-7-9-27-12-15/h1-6,8,10-11,15,22H,7,9,12H2,(H,21,25). The fraction of sp³-hybridized carbons (Fsp3) is 0.211. The van der Waals surface area contributed by atoms with E-state index in [4.69, 9.17) is 4.74 Å². The number of pyridine rings is 1. The molecule has 1 unspecified atom stereocenters. The van der Waals surface area contributed by atoms with Crippen LogP contribution in [-0.2, 0) is 0 Å². The molecule has 0 spiro atoms. The number of H-pyrrole nitrogens is 1. The molecule has 27 heavy (non-hydrogen) atoms. The van der Waals surface area contributed by atoms with Gasteiger partial charge in [-0.05, 0) is 30.4 Å². The SMILES string of the molecule is O=C(Nc1cc(=O)n(-c2ccccc2)[nH]1)c1ccnc(OC2CCSC2)c1. The number of nitrogens with one attached hydrogen (secondary N) is 2. The Balaban J connectivity index is 1.49. The molecule has 3 heterocycles. The zero-order valence-corrected chi connectivity index (χ0v) is 15.2. The van der Waals surface area contributed by atoms with Gasteiger partial charge in [0.2, 0.25) is 5.88 Å². The van der Waals surface area contributed by atoms with Crippen LogP contribution in [-0.4, -0.2) is 38.3 Å². The summed E-state index contributed by atoms with van der Waals surface area (Å²) >= 11 is 1.85. The van der Waals surface area contributed by atoms with Crippen LogP contribution in [0.25, 0.3) is 5.69 Å². The molecule has 1 fully saturated rings. The Hall–Kier alpha value is -3.00. The number of aromatic amines is 1. The highest BCUT2D eigenvalue weighted by Gasteiger charge is 2.18. The first-order valence-corrected chi connectivity index (χ1v) is 9.74. The molecule has 138 valence electrons. The van der Waals surface area contributed by atoms with Crippen molar-refractivity contribution >= 4 is 23.5 Å². The number of amides is 1. The maximum absolute atomic E-state index is 12.5. The third-order valence-corrected chi connectivity index (χ3v) is 5.29. The van der Waals surface area contributed by atoms with Crippen LogP contribution in [0.15, 0.2) is 59.5 Å². The van der Waals surface area contributed by atoms with E-state index in [1.54, 1.807) is 30.5 Å². The number of anilines is 1. The lowest BCUT2D eigenvalue weighted by Crippen LogP contribution is -2.17. The van der Waals surface area contributed by atoms with Crippen molar-refractivity contribution in [1.29, 1.82) is 0 Å². The summed E-state index contributed by atoms with van der Waals surface area (Å²) in [7, 11) is 0. The zero-order valence-electron chi connectivity index (χ0n) is 14.4. The van der Waals surface area contributed by atoms with Gasteiger partial charge in [0.15, 0.2) is 0 Å². The summed E-state index contributed by atoms with van der Waals surface area (Å²) in [4.78, 5) is 28.9. The maximum atomic E-state index is 12.5. The monoisotopic (exact) mass is 382 g/mol. The van der Waals surface area contributed by atoms with Crippen molar-refractivity contribution in [2.75, 3.05) is 16.8 Å². The van der Waals surface area contributed by atoms with Gasteiger partial charge in [-0.25, -0.2) is 9.67 Å². The van der Waals surface area contributed by atoms with Crippen LogP contribution in [0.1, 0.15) is 16.8 Å². The van der Waals surface area contributed by atoms with E-state index >= 15 is 0 Å². The summed E-state index contributed by atoms with van der Waals surface area (Å²) in [5.74, 6) is 2.43. The number of carbonyl (C=O) groups excluding carboxylic acids is 1. The number of ether oxygens (including phenoxy) is 1. The van der Waals surface area contributed by atoms with Crippen LogP contribution in [0.4, 0.5) is 5.82 Å². The summed E-state index contributed by atoms with van der Waals surface area (Å²) in [6, 6.07) is 13.7. The Morgan fingerprint density at radius 2 is 2.11 bits per heavy atom. The molecule has 1 atom stereocenters. The average molecular weight is 382 g/mol. The van der Waals surface area contributed by atoms with Crippen LogP contribution < -0.4 is 15.6 Å². The van der Waals surface area contributed by atoms with E-state index in [0.717, 1.165) is 17.9 Å². The molecule has 0 saturated carbocycles. The van der Waals surface area contributed by atoms with E-state index < -0.39 is 0 Å². The Morgan fingerprint density at radius 3 is 2.89 bits per heavy atom. The van der Waals surface area contributed by atoms with Gasteiger partial charge in [-0.2, -0.15) is 11.8 Å². The zero-order chi connectivity index (χ0) is 18.6. The third-order valence-electron chi connectivity index (χ3n) is 4.16. The minimum Gasteiger partial charge on any atom is -0.473 e. The van der Waals surface area contributed by atoms with Crippen molar-refractivity contribution < 1.29 is 9.53 Å². The van der Waals surface area contributed by atoms with E-state index in [2.05, 4.69) is 15.4 Å². The molecule has 1 amide bonds. The lowest BCUT2D eigenvalue weighted by molar-refractivity contribution is 0.102. The predicted molar refractivity (Wildman–Crippen MR) is 105 cm³/mol. The molecule has 0 radical (unpaired) electrons. The first-order valence-electron chi connectivity index (χ1n) is 8.58. The Kier molecular flexibility index (Phi) is 4.97. The third kappa shape index (κ3) is 4.06. The molecule has 8 heteroatoms. The molecular weight excluding hydrogens is 364 g/mol. The first-order chi connectivity index (χ1) is 13.2. The van der Waals surface area contributed by atoms with Gasteiger partial charge >= 0.3 is 0 Å². The highest BCUT2D eigenvalue weighted by Crippen LogP contribution is 2.22. The normalized spacial score (nSPS) is 16.2. The van der Waals surface area contributed by atoms with Gasteiger partial charge < -0.3 is 10.1 Å². The van der Waals surface area contributed by atoms with Crippen LogP contribution in [0.3, 0.4) is 0 Å². The smallest absolute Gasteiger partial charge is 0.273 e. The highest BCUT2D eigenvalue weighted by molar-refractivity contribution is 7.99. The summed E-state index contributed by atoms with van der Waals surface area (Å²) in [6.07, 6.45) is 2.67. The van der Waals surface area contributed by atoms with Crippen molar-refractivity contribution in [3.8, 4) is 11.6 Å². The number of aromatic nitrogens is 3. The maximum Gasteiger partial charge on any atom is 0.273 e. The Morgan fingerprint density at radius 1 is 1.26 bits per heavy atom. The van der Waals surface area contributed by atoms with E-state index in [1.807, 2.05) is 30.0 Å². The second-order valence-corrected chi connectivity index (χ2v) is 7.27. The Labute approximate surface area is 159 Å². The fourth-order valence-electron chi connectivity index (χ4n) is 2.81. The van der Waals surface area contributed by atoms with Crippen LogP contribution in [0.5, 0.6) is 5.88 Å². The second kappa shape index (κ2) is 7.71. The number of rotatable bonds is 5. The number of hydrogen-bond donors (Lipinski definition) is 2. The minimum absolute atomic E-state index is 0.136. The number of carbonyl (C=O) groups is 1. The highest BCUT2D eigenvalue weighted by atomic mass is 32.2. The van der Waals surface area contributed by atoms with Crippen LogP contribution in [0, 0.1) is 0 Å². The molecule has 1 saturated heterocycles. The van der Waals surface area contributed by atoms with Gasteiger partial charge in [-0.1, -0.05) is 18.2 Å². The summed E-state index contributed by atoms with van der Waals surface area (Å²) in [5, 5.41) is 5.60. The molecular formula is C19H18N4O3S. The molecule has 0 bridgehead atoms. The van der Waals surface area contributed by atoms with Gasteiger partial charge in [-0.3, -0.25) is 14.7 Å². The molecule has 2 N–H and O–H groups in total. The fourth-order valence-corrected chi connectivity index (χ4v) is 3.91. The van der Waals surface area contributed by atoms with Crippen molar-refractivity contribution in [2.24, 2.45) is 0 Å². The lowest BCUT2D eigenvalue weighted by atomic mass is 10.2. The number of thioether (sulfide) groups is 1. The largest absolute Gasteiger partial charge is 0.473 e. The van der Waals surface area contributed by atoms with E-state index in [0.29, 0.717) is 22.9 Å². The number of benzene rings is 1. The molecule has 1 aromatic carbocycles. The molecule has 1 aliphatic heterocycles. The topological polar surface area (TPSA) is 89.0 Å². The van der Waals surface area contributed by atoms with Crippen LogP contribution in [0.2, 0.25) is 0 Å².